The number of carbonyl (C=O) groups is 2. The van der Waals surface area contributed by atoms with E-state index in [9.17, 15) is 9.59 Å². The third-order valence-corrected chi connectivity index (χ3v) is 4.62. The van der Waals surface area contributed by atoms with Gasteiger partial charge in [0.25, 0.3) is 5.91 Å². The molecule has 3 rings (SSSR count). The Morgan fingerprint density at radius 3 is 2.04 bits per heavy atom. The Bertz CT molecular complexity index is 898. The highest BCUT2D eigenvalue weighted by atomic mass is 16.2. The molecule has 1 heterocycles. The van der Waals surface area contributed by atoms with E-state index < -0.39 is 11.9 Å². The van der Waals surface area contributed by atoms with Gasteiger partial charge >= 0.3 is 0 Å². The molecule has 5 nitrogen and oxygen atoms in total. The molecule has 1 aromatic heterocycles. The van der Waals surface area contributed by atoms with Crippen LogP contribution in [-0.4, -0.2) is 22.8 Å². The van der Waals surface area contributed by atoms with Crippen LogP contribution in [-0.2, 0) is 4.79 Å². The van der Waals surface area contributed by atoms with Crippen molar-refractivity contribution in [2.45, 2.75) is 26.3 Å². The average molecular weight is 335 g/mol. The minimum atomic E-state index is -0.705. The lowest BCUT2D eigenvalue weighted by Crippen LogP contribution is -2.48. The molecule has 0 spiro atoms. The number of nitrogens with zero attached hydrogens (tertiary/aromatic N) is 1. The molecular weight excluding hydrogens is 314 g/mol. The first kappa shape index (κ1) is 16.9. The van der Waals surface area contributed by atoms with E-state index >= 15 is 0 Å². The van der Waals surface area contributed by atoms with Gasteiger partial charge in [0.2, 0.25) is 5.91 Å². The summed E-state index contributed by atoms with van der Waals surface area (Å²) in [4.78, 5) is 29.5. The van der Waals surface area contributed by atoms with Crippen LogP contribution < -0.4 is 11.1 Å². The smallest absolute Gasteiger partial charge is 0.253 e. The predicted octanol–water partition coefficient (Wildman–Crippen LogP) is 3.02. The van der Waals surface area contributed by atoms with Crippen molar-refractivity contribution in [1.82, 2.24) is 10.3 Å². The summed E-state index contributed by atoms with van der Waals surface area (Å²) in [6.07, 6.45) is 0.742. The Hall–Kier alpha value is -2.95. The predicted molar refractivity (Wildman–Crippen MR) is 99.2 cm³/mol. The van der Waals surface area contributed by atoms with Crippen LogP contribution in [0, 0.1) is 5.92 Å². The summed E-state index contributed by atoms with van der Waals surface area (Å²) in [5, 5.41) is 4.34. The number of hydrogen-bond donors (Lipinski definition) is 2. The summed E-state index contributed by atoms with van der Waals surface area (Å²) in [7, 11) is 0. The van der Waals surface area contributed by atoms with E-state index in [1.165, 1.54) is 0 Å². The number of primary amides is 1. The lowest BCUT2D eigenvalue weighted by Gasteiger charge is -2.22. The number of para-hydroxylation sites is 2. The maximum absolute atomic E-state index is 13.1. The molecule has 128 valence electrons. The zero-order valence-electron chi connectivity index (χ0n) is 14.3. The van der Waals surface area contributed by atoms with Gasteiger partial charge in [-0.3, -0.25) is 9.59 Å². The largest absolute Gasteiger partial charge is 0.368 e. The fourth-order valence-corrected chi connectivity index (χ4v) is 3.03. The summed E-state index contributed by atoms with van der Waals surface area (Å²) < 4.78 is 0. The molecule has 0 aliphatic carbocycles. The van der Waals surface area contributed by atoms with E-state index in [1.807, 2.05) is 62.4 Å². The fourth-order valence-electron chi connectivity index (χ4n) is 3.03. The Morgan fingerprint density at radius 2 is 1.56 bits per heavy atom. The van der Waals surface area contributed by atoms with Crippen molar-refractivity contribution in [1.29, 1.82) is 0 Å². The molecule has 0 aliphatic rings. The van der Waals surface area contributed by atoms with Gasteiger partial charge in [0.1, 0.15) is 6.04 Å². The minimum Gasteiger partial charge on any atom is -0.368 e. The molecule has 2 amide bonds. The van der Waals surface area contributed by atoms with Crippen molar-refractivity contribution < 1.29 is 9.59 Å². The number of carbonyl (C=O) groups excluding carboxylic acids is 2. The van der Waals surface area contributed by atoms with E-state index in [0.29, 0.717) is 5.56 Å². The van der Waals surface area contributed by atoms with Crippen molar-refractivity contribution in [2.24, 2.45) is 11.7 Å². The molecule has 25 heavy (non-hydrogen) atoms. The standard InChI is InChI=1S/C20H21N3O2/c1-3-12(2)18(19(21)24)23-20(25)17-13-8-4-6-10-15(13)22-16-11-7-5-9-14(16)17/h4-12,18H,3H2,1-2H3,(H2,21,24)(H,23,25)/t12-,18-/m1/s1. The first-order valence-electron chi connectivity index (χ1n) is 8.40. The van der Waals surface area contributed by atoms with E-state index in [0.717, 1.165) is 28.2 Å². The average Bonchev–Trinajstić information content (AvgIpc) is 2.62. The van der Waals surface area contributed by atoms with Crippen molar-refractivity contribution in [3.63, 3.8) is 0 Å². The summed E-state index contributed by atoms with van der Waals surface area (Å²) in [5.41, 5.74) is 7.51. The number of pyridine rings is 1. The number of hydrogen-bond acceptors (Lipinski definition) is 3. The number of amides is 2. The van der Waals surface area contributed by atoms with Gasteiger partial charge in [0.15, 0.2) is 0 Å². The van der Waals surface area contributed by atoms with Crippen LogP contribution in [0.2, 0.25) is 0 Å². The lowest BCUT2D eigenvalue weighted by atomic mass is 9.97. The Balaban J connectivity index is 2.15. The van der Waals surface area contributed by atoms with E-state index in [4.69, 9.17) is 5.73 Å². The SMILES string of the molecule is CC[C@@H](C)[C@@H](NC(=O)c1c2ccccc2nc2ccccc12)C(N)=O. The number of nitrogens with two attached hydrogens (primary N) is 1. The molecule has 3 N–H and O–H groups in total. The highest BCUT2D eigenvalue weighted by Gasteiger charge is 2.26. The topological polar surface area (TPSA) is 85.1 Å². The van der Waals surface area contributed by atoms with Crippen LogP contribution in [0.1, 0.15) is 30.6 Å². The molecule has 2 aromatic carbocycles. The number of aromatic nitrogens is 1. The lowest BCUT2D eigenvalue weighted by molar-refractivity contribution is -0.120. The monoisotopic (exact) mass is 335 g/mol. The highest BCUT2D eigenvalue weighted by molar-refractivity contribution is 6.16. The molecule has 0 saturated heterocycles. The number of nitrogens with one attached hydrogen (secondary N) is 1. The van der Waals surface area contributed by atoms with Crippen molar-refractivity contribution >= 4 is 33.6 Å². The molecule has 0 saturated carbocycles. The number of rotatable bonds is 5. The fraction of sp³-hybridized carbons (Fsp3) is 0.250. The van der Waals surface area contributed by atoms with Crippen molar-refractivity contribution in [2.75, 3.05) is 0 Å². The van der Waals surface area contributed by atoms with Crippen LogP contribution in [0.15, 0.2) is 48.5 Å². The van der Waals surface area contributed by atoms with Gasteiger partial charge in [-0.15, -0.1) is 0 Å². The molecule has 3 aromatic rings. The molecule has 2 atom stereocenters. The van der Waals surface area contributed by atoms with E-state index in [2.05, 4.69) is 10.3 Å². The normalized spacial score (nSPS) is 13.5. The Labute approximate surface area is 146 Å². The Morgan fingerprint density at radius 1 is 1.04 bits per heavy atom. The first-order chi connectivity index (χ1) is 12.0. The highest BCUT2D eigenvalue weighted by Crippen LogP contribution is 2.26. The van der Waals surface area contributed by atoms with E-state index in [1.54, 1.807) is 0 Å². The van der Waals surface area contributed by atoms with Crippen LogP contribution in [0.3, 0.4) is 0 Å². The second-order valence-electron chi connectivity index (χ2n) is 6.26. The number of fused-ring (bicyclic) bond motifs is 2. The Kier molecular flexibility index (Phi) is 4.65. The van der Waals surface area contributed by atoms with Crippen LogP contribution >= 0.6 is 0 Å². The zero-order valence-corrected chi connectivity index (χ0v) is 14.3. The van der Waals surface area contributed by atoms with Gasteiger partial charge < -0.3 is 11.1 Å². The van der Waals surface area contributed by atoms with Gasteiger partial charge in [-0.05, 0) is 18.1 Å². The second-order valence-corrected chi connectivity index (χ2v) is 6.26. The van der Waals surface area contributed by atoms with Gasteiger partial charge in [-0.25, -0.2) is 4.98 Å². The van der Waals surface area contributed by atoms with Crippen LogP contribution in [0.4, 0.5) is 0 Å². The summed E-state index contributed by atoms with van der Waals surface area (Å²) >= 11 is 0. The third kappa shape index (κ3) is 3.18. The van der Waals surface area contributed by atoms with Crippen molar-refractivity contribution in [3.05, 3.63) is 54.1 Å². The molecule has 5 heteroatoms. The minimum absolute atomic E-state index is 0.0409. The summed E-state index contributed by atoms with van der Waals surface area (Å²) in [6, 6.07) is 14.3. The molecule has 0 fully saturated rings. The van der Waals surface area contributed by atoms with Gasteiger partial charge in [0.05, 0.1) is 16.6 Å². The quantitative estimate of drug-likeness (QED) is 0.703. The summed E-state index contributed by atoms with van der Waals surface area (Å²) in [5.74, 6) is -0.870. The zero-order chi connectivity index (χ0) is 18.0. The van der Waals surface area contributed by atoms with Gasteiger partial charge in [-0.2, -0.15) is 0 Å². The molecular formula is C20H21N3O2. The van der Waals surface area contributed by atoms with Crippen LogP contribution in [0.5, 0.6) is 0 Å². The molecule has 0 unspecified atom stereocenters. The molecule has 0 aliphatic heterocycles. The summed E-state index contributed by atoms with van der Waals surface area (Å²) in [6.45, 7) is 3.86. The number of benzene rings is 2. The van der Waals surface area contributed by atoms with Crippen molar-refractivity contribution in [3.8, 4) is 0 Å². The van der Waals surface area contributed by atoms with E-state index in [-0.39, 0.29) is 11.8 Å². The first-order valence-corrected chi connectivity index (χ1v) is 8.40. The van der Waals surface area contributed by atoms with Crippen LogP contribution in [0.25, 0.3) is 21.8 Å². The molecule has 0 bridgehead atoms. The second kappa shape index (κ2) is 6.89. The maximum atomic E-state index is 13.1. The maximum Gasteiger partial charge on any atom is 0.253 e. The third-order valence-electron chi connectivity index (χ3n) is 4.62. The van der Waals surface area contributed by atoms with Gasteiger partial charge in [-0.1, -0.05) is 56.7 Å². The molecule has 0 radical (unpaired) electrons. The van der Waals surface area contributed by atoms with Gasteiger partial charge in [0, 0.05) is 10.8 Å².